The van der Waals surface area contributed by atoms with Crippen LogP contribution in [0.1, 0.15) is 33.6 Å². The molecule has 0 aliphatic rings. The van der Waals surface area contributed by atoms with Gasteiger partial charge in [0.25, 0.3) is 0 Å². The van der Waals surface area contributed by atoms with Crippen LogP contribution < -0.4 is 5.32 Å². The second-order valence-corrected chi connectivity index (χ2v) is 2.56. The van der Waals surface area contributed by atoms with Crippen LogP contribution >= 0.6 is 0 Å². The smallest absolute Gasteiger partial charge is 0.0265 e. The van der Waals surface area contributed by atoms with Crippen LogP contribution in [0.5, 0.6) is 0 Å². The van der Waals surface area contributed by atoms with Crippen LogP contribution in [0, 0.1) is 0 Å². The molecule has 0 aromatic heterocycles. The van der Waals surface area contributed by atoms with Crippen LogP contribution in [0.25, 0.3) is 0 Å². The number of hydrogen-bond donors (Lipinski definition) is 1. The van der Waals surface area contributed by atoms with E-state index in [1.165, 1.54) is 12.0 Å². The van der Waals surface area contributed by atoms with Gasteiger partial charge in [-0.25, -0.2) is 0 Å². The minimum Gasteiger partial charge on any atom is -0.316 e. The maximum Gasteiger partial charge on any atom is 0.0265 e. The number of aliphatic imine (C=N–C) groups is 1. The van der Waals surface area contributed by atoms with E-state index in [4.69, 9.17) is 0 Å². The molecule has 0 saturated heterocycles. The zero-order chi connectivity index (χ0) is 9.82. The summed E-state index contributed by atoms with van der Waals surface area (Å²) in [7, 11) is 1.92. The molecule has 0 rings (SSSR count). The van der Waals surface area contributed by atoms with Gasteiger partial charge in [0.2, 0.25) is 0 Å². The Labute approximate surface area is 76.8 Å². The molecule has 0 aromatic carbocycles. The fourth-order valence-corrected chi connectivity index (χ4v) is 0.618. The molecule has 0 aliphatic heterocycles. The van der Waals surface area contributed by atoms with Gasteiger partial charge in [0, 0.05) is 12.7 Å². The summed E-state index contributed by atoms with van der Waals surface area (Å²) in [4.78, 5) is 3.67. The molecule has 12 heavy (non-hydrogen) atoms. The second kappa shape index (κ2) is 13.0. The van der Waals surface area contributed by atoms with Gasteiger partial charge >= 0.3 is 0 Å². The van der Waals surface area contributed by atoms with E-state index in [1.807, 2.05) is 7.05 Å². The Kier molecular flexibility index (Phi) is 15.1. The Bertz CT molecular complexity index is 117. The van der Waals surface area contributed by atoms with Crippen LogP contribution in [0.4, 0.5) is 0 Å². The molecule has 2 nitrogen and oxygen atoms in total. The van der Waals surface area contributed by atoms with Gasteiger partial charge in [-0.3, -0.25) is 4.99 Å². The highest BCUT2D eigenvalue weighted by Crippen LogP contribution is 1.96. The molecule has 0 heterocycles. The van der Waals surface area contributed by atoms with Gasteiger partial charge in [0.15, 0.2) is 0 Å². The number of nitrogens with zero attached hydrogens (tertiary/aromatic N) is 1. The fraction of sp³-hybridized carbons (Fsp3) is 0.700. The molecular weight excluding hydrogens is 148 g/mol. The van der Waals surface area contributed by atoms with Crippen molar-refractivity contribution in [3.05, 3.63) is 11.8 Å². The van der Waals surface area contributed by atoms with Crippen molar-refractivity contribution in [2.75, 3.05) is 13.6 Å². The predicted molar refractivity (Wildman–Crippen MR) is 57.8 cm³/mol. The molecular formula is C10H22N2. The molecule has 0 bridgehead atoms. The molecule has 0 atom stereocenters. The summed E-state index contributed by atoms with van der Waals surface area (Å²) in [5.74, 6) is 0. The first-order valence-electron chi connectivity index (χ1n) is 4.55. The van der Waals surface area contributed by atoms with Gasteiger partial charge in [0.05, 0.1) is 0 Å². The first kappa shape index (κ1) is 13.9. The van der Waals surface area contributed by atoms with Crippen LogP contribution in [0.2, 0.25) is 0 Å². The van der Waals surface area contributed by atoms with Crippen molar-refractivity contribution in [1.82, 2.24) is 5.32 Å². The lowest BCUT2D eigenvalue weighted by Crippen LogP contribution is -2.09. The molecule has 0 amide bonds. The number of nitrogens with one attached hydrogen (secondary N) is 1. The van der Waals surface area contributed by atoms with E-state index in [0.29, 0.717) is 0 Å². The number of likely N-dealkylation sites (N-methyl/N-ethyl adjacent to an activating group) is 1. The molecule has 0 spiro atoms. The SMILES string of the molecule is C=NC=C(CC)CNC.CCC. The first-order chi connectivity index (χ1) is 5.76. The van der Waals surface area contributed by atoms with Gasteiger partial charge in [0.1, 0.15) is 0 Å². The largest absolute Gasteiger partial charge is 0.316 e. The third-order valence-electron chi connectivity index (χ3n) is 1.13. The molecule has 0 unspecified atom stereocenters. The first-order valence-corrected chi connectivity index (χ1v) is 4.55. The van der Waals surface area contributed by atoms with Crippen molar-refractivity contribution in [3.63, 3.8) is 0 Å². The molecule has 0 saturated carbocycles. The third-order valence-corrected chi connectivity index (χ3v) is 1.13. The number of hydrogen-bond acceptors (Lipinski definition) is 2. The Morgan fingerprint density at radius 3 is 2.17 bits per heavy atom. The van der Waals surface area contributed by atoms with Crippen molar-refractivity contribution < 1.29 is 0 Å². The van der Waals surface area contributed by atoms with Crippen LogP contribution in [0.3, 0.4) is 0 Å². The zero-order valence-corrected chi connectivity index (χ0v) is 8.85. The van der Waals surface area contributed by atoms with Crippen molar-refractivity contribution in [2.45, 2.75) is 33.6 Å². The topological polar surface area (TPSA) is 24.4 Å². The maximum atomic E-state index is 3.67. The lowest BCUT2D eigenvalue weighted by Gasteiger charge is -1.99. The lowest BCUT2D eigenvalue weighted by molar-refractivity contribution is 0.842. The fourth-order valence-electron chi connectivity index (χ4n) is 0.618. The van der Waals surface area contributed by atoms with E-state index >= 15 is 0 Å². The Morgan fingerprint density at radius 1 is 1.42 bits per heavy atom. The van der Waals surface area contributed by atoms with E-state index in [9.17, 15) is 0 Å². The minimum atomic E-state index is 0.912. The molecule has 2 heteroatoms. The van der Waals surface area contributed by atoms with Gasteiger partial charge in [-0.2, -0.15) is 0 Å². The molecule has 1 N–H and O–H groups in total. The van der Waals surface area contributed by atoms with E-state index in [2.05, 4.69) is 37.8 Å². The Hall–Kier alpha value is -0.630. The summed E-state index contributed by atoms with van der Waals surface area (Å²) in [6, 6.07) is 0. The summed E-state index contributed by atoms with van der Waals surface area (Å²) in [6.45, 7) is 10.6. The summed E-state index contributed by atoms with van der Waals surface area (Å²) < 4.78 is 0. The van der Waals surface area contributed by atoms with E-state index in [-0.39, 0.29) is 0 Å². The quantitative estimate of drug-likeness (QED) is 0.644. The molecule has 0 aromatic rings. The average Bonchev–Trinajstić information content (AvgIpc) is 2.05. The van der Waals surface area contributed by atoms with Crippen LogP contribution in [-0.2, 0) is 0 Å². The van der Waals surface area contributed by atoms with Crippen molar-refractivity contribution in [1.29, 1.82) is 0 Å². The second-order valence-electron chi connectivity index (χ2n) is 2.56. The maximum absolute atomic E-state index is 3.67. The minimum absolute atomic E-state index is 0.912. The number of rotatable bonds is 4. The highest BCUT2D eigenvalue weighted by Gasteiger charge is 1.87. The predicted octanol–water partition coefficient (Wildman–Crippen LogP) is 2.62. The molecule has 0 aliphatic carbocycles. The van der Waals surface area contributed by atoms with E-state index < -0.39 is 0 Å². The normalized spacial score (nSPS) is 10.2. The monoisotopic (exact) mass is 170 g/mol. The summed E-state index contributed by atoms with van der Waals surface area (Å²) in [6.07, 6.45) is 4.09. The summed E-state index contributed by atoms with van der Waals surface area (Å²) in [5.41, 5.74) is 1.28. The average molecular weight is 170 g/mol. The zero-order valence-electron chi connectivity index (χ0n) is 8.85. The van der Waals surface area contributed by atoms with Gasteiger partial charge < -0.3 is 5.32 Å². The highest BCUT2D eigenvalue weighted by molar-refractivity contribution is 5.26. The Balaban J connectivity index is 0. The highest BCUT2D eigenvalue weighted by atomic mass is 14.8. The summed E-state index contributed by atoms with van der Waals surface area (Å²) in [5, 5.41) is 3.05. The van der Waals surface area contributed by atoms with E-state index in [0.717, 1.165) is 13.0 Å². The van der Waals surface area contributed by atoms with Crippen molar-refractivity contribution >= 4 is 6.72 Å². The third kappa shape index (κ3) is 12.1. The van der Waals surface area contributed by atoms with Gasteiger partial charge in [-0.1, -0.05) is 27.2 Å². The molecule has 0 fully saturated rings. The van der Waals surface area contributed by atoms with E-state index in [1.54, 1.807) is 6.20 Å². The lowest BCUT2D eigenvalue weighted by atomic mass is 10.2. The van der Waals surface area contributed by atoms with Crippen molar-refractivity contribution in [3.8, 4) is 0 Å². The standard InChI is InChI=1S/C7H14N2.C3H8/c1-4-7(5-8-2)6-9-3;1-3-2/h5,9H,2,4,6H2,1,3H3;3H2,1-2H3. The molecule has 0 radical (unpaired) electrons. The van der Waals surface area contributed by atoms with Crippen LogP contribution in [0.15, 0.2) is 16.8 Å². The van der Waals surface area contributed by atoms with Crippen LogP contribution in [-0.4, -0.2) is 20.3 Å². The van der Waals surface area contributed by atoms with Gasteiger partial charge in [-0.15, -0.1) is 0 Å². The summed E-state index contributed by atoms with van der Waals surface area (Å²) >= 11 is 0. The van der Waals surface area contributed by atoms with Gasteiger partial charge in [-0.05, 0) is 25.8 Å². The molecule has 72 valence electrons. The Morgan fingerprint density at radius 2 is 1.92 bits per heavy atom. The van der Waals surface area contributed by atoms with Crippen molar-refractivity contribution in [2.24, 2.45) is 4.99 Å².